The number of hydrogen-bond donors (Lipinski definition) is 1. The Labute approximate surface area is 164 Å². The molecule has 0 saturated carbocycles. The van der Waals surface area contributed by atoms with Gasteiger partial charge in [-0.05, 0) is 24.6 Å². The molecular formula is C20H17FN4O2S. The van der Waals surface area contributed by atoms with Gasteiger partial charge in [0.25, 0.3) is 0 Å². The van der Waals surface area contributed by atoms with Gasteiger partial charge in [0.05, 0.1) is 34.6 Å². The van der Waals surface area contributed by atoms with Crippen LogP contribution in [0, 0.1) is 12.7 Å². The van der Waals surface area contributed by atoms with Gasteiger partial charge < -0.3 is 15.2 Å². The minimum Gasteiger partial charge on any atom is -0.485 e. The molecule has 0 saturated heterocycles. The highest BCUT2D eigenvalue weighted by atomic mass is 32.1. The van der Waals surface area contributed by atoms with E-state index in [9.17, 15) is 4.39 Å². The molecule has 2 aromatic heterocycles. The fourth-order valence-corrected chi connectivity index (χ4v) is 4.69. The highest BCUT2D eigenvalue weighted by Crippen LogP contribution is 2.43. The molecule has 0 bridgehead atoms. The highest BCUT2D eigenvalue weighted by molar-refractivity contribution is 7.22. The number of rotatable bonds is 3. The summed E-state index contributed by atoms with van der Waals surface area (Å²) in [6.07, 6.45) is 1.98. The van der Waals surface area contributed by atoms with Crippen molar-refractivity contribution in [1.82, 2.24) is 15.0 Å². The number of methoxy groups -OCH3 is 1. The Morgan fingerprint density at radius 2 is 2.14 bits per heavy atom. The molecule has 1 atom stereocenters. The Balaban J connectivity index is 1.73. The lowest BCUT2D eigenvalue weighted by atomic mass is 10.1. The SMILES string of the molecule is COc1cnc2c(-c3nc4cc(F)c5c(c4s3)C[C@@H](CN)O5)cc(C)cc2n1. The molecule has 6 nitrogen and oxygen atoms in total. The van der Waals surface area contributed by atoms with Crippen molar-refractivity contribution < 1.29 is 13.9 Å². The first kappa shape index (κ1) is 17.3. The Morgan fingerprint density at radius 1 is 1.29 bits per heavy atom. The highest BCUT2D eigenvalue weighted by Gasteiger charge is 2.29. The van der Waals surface area contributed by atoms with Crippen LogP contribution in [0.4, 0.5) is 4.39 Å². The van der Waals surface area contributed by atoms with Crippen molar-refractivity contribution >= 4 is 32.6 Å². The maximum absolute atomic E-state index is 14.5. The maximum Gasteiger partial charge on any atom is 0.232 e. The van der Waals surface area contributed by atoms with Gasteiger partial charge in [-0.3, -0.25) is 0 Å². The van der Waals surface area contributed by atoms with E-state index in [-0.39, 0.29) is 6.10 Å². The van der Waals surface area contributed by atoms with Crippen molar-refractivity contribution in [3.63, 3.8) is 0 Å². The van der Waals surface area contributed by atoms with Crippen LogP contribution in [-0.2, 0) is 6.42 Å². The van der Waals surface area contributed by atoms with Gasteiger partial charge in [0.1, 0.15) is 11.1 Å². The lowest BCUT2D eigenvalue weighted by Gasteiger charge is -2.06. The van der Waals surface area contributed by atoms with Gasteiger partial charge in [0.15, 0.2) is 11.6 Å². The summed E-state index contributed by atoms with van der Waals surface area (Å²) >= 11 is 1.51. The van der Waals surface area contributed by atoms with Crippen LogP contribution in [0.25, 0.3) is 31.8 Å². The Bertz CT molecular complexity index is 1240. The smallest absolute Gasteiger partial charge is 0.232 e. The second-order valence-corrected chi connectivity index (χ2v) is 7.80. The summed E-state index contributed by atoms with van der Waals surface area (Å²) in [5.74, 6) is 0.365. The second-order valence-electron chi connectivity index (χ2n) is 6.81. The fraction of sp³-hybridized carbons (Fsp3) is 0.250. The van der Waals surface area contributed by atoms with Crippen molar-refractivity contribution in [2.75, 3.05) is 13.7 Å². The predicted octanol–water partition coefficient (Wildman–Crippen LogP) is 3.62. The molecule has 1 aliphatic rings. The molecule has 1 aliphatic heterocycles. The van der Waals surface area contributed by atoms with Crippen LogP contribution in [0.2, 0.25) is 0 Å². The van der Waals surface area contributed by atoms with Crippen molar-refractivity contribution in [3.8, 4) is 22.2 Å². The number of fused-ring (bicyclic) bond motifs is 4. The lowest BCUT2D eigenvalue weighted by Crippen LogP contribution is -2.24. The molecule has 3 heterocycles. The van der Waals surface area contributed by atoms with E-state index >= 15 is 0 Å². The minimum atomic E-state index is -0.395. The first-order chi connectivity index (χ1) is 13.6. The topological polar surface area (TPSA) is 83.2 Å². The van der Waals surface area contributed by atoms with Crippen molar-refractivity contribution in [2.45, 2.75) is 19.4 Å². The molecule has 0 fully saturated rings. The Hall–Kier alpha value is -2.84. The van der Waals surface area contributed by atoms with Crippen LogP contribution in [0.3, 0.4) is 0 Å². The number of nitrogens with two attached hydrogens (primary N) is 1. The van der Waals surface area contributed by atoms with Crippen LogP contribution in [-0.4, -0.2) is 34.7 Å². The third-order valence-corrected chi connectivity index (χ3v) is 6.03. The molecule has 0 amide bonds. The van der Waals surface area contributed by atoms with Gasteiger partial charge >= 0.3 is 0 Å². The molecule has 5 rings (SSSR count). The number of nitrogens with zero attached hydrogens (tertiary/aromatic N) is 3. The normalized spacial score (nSPS) is 15.8. The monoisotopic (exact) mass is 396 g/mol. The quantitative estimate of drug-likeness (QED) is 0.569. The summed E-state index contributed by atoms with van der Waals surface area (Å²) in [5.41, 5.74) is 10.6. The molecule has 142 valence electrons. The zero-order chi connectivity index (χ0) is 19.4. The van der Waals surface area contributed by atoms with Gasteiger partial charge in [-0.2, -0.15) is 0 Å². The Kier molecular flexibility index (Phi) is 3.92. The van der Waals surface area contributed by atoms with E-state index in [1.54, 1.807) is 13.3 Å². The van der Waals surface area contributed by atoms with E-state index in [2.05, 4.69) is 9.97 Å². The number of benzene rings is 2. The van der Waals surface area contributed by atoms with Crippen molar-refractivity contribution in [2.24, 2.45) is 5.73 Å². The summed E-state index contributed by atoms with van der Waals surface area (Å²) in [6.45, 7) is 2.34. The number of aromatic nitrogens is 3. The summed E-state index contributed by atoms with van der Waals surface area (Å²) in [5, 5.41) is 0.771. The molecule has 2 N–H and O–H groups in total. The number of ether oxygens (including phenoxy) is 2. The number of hydrogen-bond acceptors (Lipinski definition) is 7. The number of aryl methyl sites for hydroxylation is 1. The summed E-state index contributed by atoms with van der Waals surface area (Å²) in [6, 6.07) is 5.41. The maximum atomic E-state index is 14.5. The Morgan fingerprint density at radius 3 is 2.93 bits per heavy atom. The fourth-order valence-electron chi connectivity index (χ4n) is 3.58. The molecule has 2 aromatic carbocycles. The first-order valence-corrected chi connectivity index (χ1v) is 9.69. The van der Waals surface area contributed by atoms with Crippen LogP contribution in [0.5, 0.6) is 11.6 Å². The number of halogens is 1. The van der Waals surface area contributed by atoms with Crippen molar-refractivity contribution in [1.29, 1.82) is 0 Å². The summed E-state index contributed by atoms with van der Waals surface area (Å²) < 4.78 is 26.3. The molecule has 8 heteroatoms. The zero-order valence-corrected chi connectivity index (χ0v) is 16.1. The van der Waals surface area contributed by atoms with E-state index in [4.69, 9.17) is 20.2 Å². The minimum absolute atomic E-state index is 0.196. The van der Waals surface area contributed by atoms with Gasteiger partial charge in [0, 0.05) is 30.2 Å². The average molecular weight is 396 g/mol. The standard InChI is InChI=1S/C20H17FN4O2S/c1-9-3-11(17-14(4-9)24-16(26-2)8-23-17)20-25-15-6-13(21)18-12(19(15)28-20)5-10(7-22)27-18/h3-4,6,8,10H,5,7,22H2,1-2H3/t10-/m0/s1. The van der Waals surface area contributed by atoms with E-state index < -0.39 is 5.82 Å². The van der Waals surface area contributed by atoms with Crippen molar-refractivity contribution in [3.05, 3.63) is 41.3 Å². The third kappa shape index (κ3) is 2.60. The molecule has 0 aliphatic carbocycles. The predicted molar refractivity (Wildman–Crippen MR) is 107 cm³/mol. The molecule has 28 heavy (non-hydrogen) atoms. The van der Waals surface area contributed by atoms with Gasteiger partial charge in [-0.25, -0.2) is 19.3 Å². The average Bonchev–Trinajstić information content (AvgIpc) is 3.31. The molecular weight excluding hydrogens is 379 g/mol. The van der Waals surface area contributed by atoms with E-state index in [0.29, 0.717) is 30.1 Å². The summed E-state index contributed by atoms with van der Waals surface area (Å²) in [7, 11) is 1.56. The van der Waals surface area contributed by atoms with E-state index in [1.165, 1.54) is 17.4 Å². The van der Waals surface area contributed by atoms with Crippen LogP contribution >= 0.6 is 11.3 Å². The lowest BCUT2D eigenvalue weighted by molar-refractivity contribution is 0.232. The van der Waals surface area contributed by atoms with Crippen LogP contribution in [0.1, 0.15) is 11.1 Å². The van der Waals surface area contributed by atoms with Gasteiger partial charge in [0.2, 0.25) is 5.88 Å². The zero-order valence-electron chi connectivity index (χ0n) is 15.3. The van der Waals surface area contributed by atoms with E-state index in [1.807, 2.05) is 19.1 Å². The first-order valence-electron chi connectivity index (χ1n) is 8.87. The largest absolute Gasteiger partial charge is 0.485 e. The van der Waals surface area contributed by atoms with Crippen LogP contribution < -0.4 is 15.2 Å². The number of thiazole rings is 1. The third-order valence-electron chi connectivity index (χ3n) is 4.87. The molecule has 4 aromatic rings. The molecule has 0 unspecified atom stereocenters. The van der Waals surface area contributed by atoms with Gasteiger partial charge in [-0.15, -0.1) is 11.3 Å². The molecule has 0 radical (unpaired) electrons. The second kappa shape index (κ2) is 6.35. The molecule has 0 spiro atoms. The summed E-state index contributed by atoms with van der Waals surface area (Å²) in [4.78, 5) is 13.7. The van der Waals surface area contributed by atoms with Crippen LogP contribution in [0.15, 0.2) is 24.4 Å². The van der Waals surface area contributed by atoms with E-state index in [0.717, 1.165) is 37.4 Å². The van der Waals surface area contributed by atoms with Gasteiger partial charge in [-0.1, -0.05) is 0 Å².